The molecule has 2 heterocycles. The van der Waals surface area contributed by atoms with E-state index in [-0.39, 0.29) is 48.0 Å². The summed E-state index contributed by atoms with van der Waals surface area (Å²) in [5, 5.41) is 24.6. The van der Waals surface area contributed by atoms with E-state index in [0.29, 0.717) is 10.1 Å². The molecule has 2 amide bonds. The number of aliphatic hydroxyl groups excluding tert-OH is 1. The van der Waals surface area contributed by atoms with Crippen LogP contribution in [-0.4, -0.2) is 52.3 Å². The van der Waals surface area contributed by atoms with Gasteiger partial charge in [-0.05, 0) is 17.7 Å². The van der Waals surface area contributed by atoms with Gasteiger partial charge in [0.15, 0.2) is 6.10 Å². The first-order valence-corrected chi connectivity index (χ1v) is 8.26. The number of carbonyl (C=O) groups excluding carboxylic acids is 4. The Morgan fingerprint density at radius 2 is 1.96 bits per heavy atom. The predicted octanol–water partition coefficient (Wildman–Crippen LogP) is -4.58. The molecule has 0 aliphatic carbocycles. The van der Waals surface area contributed by atoms with Gasteiger partial charge in [0.05, 0.1) is 6.42 Å². The van der Waals surface area contributed by atoms with E-state index in [1.54, 1.807) is 0 Å². The number of nitrogens with one attached hydrogen (secondary N) is 1. The first-order valence-electron chi connectivity index (χ1n) is 7.89. The van der Waals surface area contributed by atoms with Crippen LogP contribution >= 0.6 is 11.6 Å². The second-order valence-corrected chi connectivity index (χ2v) is 6.43. The maximum absolute atomic E-state index is 12.5. The Morgan fingerprint density at radius 1 is 1.32 bits per heavy atom. The van der Waals surface area contributed by atoms with Crippen molar-refractivity contribution >= 4 is 35.4 Å². The van der Waals surface area contributed by atoms with E-state index in [1.807, 2.05) is 0 Å². The fraction of sp³-hybridized carbons (Fsp3) is 0.375. The number of aliphatic hydroxyl groups is 1. The smallest absolute Gasteiger partial charge is 0.544 e. The number of ether oxygens (including phenoxy) is 1. The van der Waals surface area contributed by atoms with Crippen LogP contribution in [0.5, 0.6) is 0 Å². The molecule has 12 heteroatoms. The predicted molar refractivity (Wildman–Crippen MR) is 84.2 cm³/mol. The molecule has 2 unspecified atom stereocenters. The van der Waals surface area contributed by atoms with Crippen LogP contribution in [0.15, 0.2) is 24.3 Å². The molecule has 0 bridgehead atoms. The fourth-order valence-corrected chi connectivity index (χ4v) is 2.92. The van der Waals surface area contributed by atoms with Crippen LogP contribution in [0.4, 0.5) is 0 Å². The first-order chi connectivity index (χ1) is 12.7. The molecule has 28 heavy (non-hydrogen) atoms. The van der Waals surface area contributed by atoms with Gasteiger partial charge in [-0.1, -0.05) is 23.7 Å². The molecule has 3 rings (SSSR count). The summed E-state index contributed by atoms with van der Waals surface area (Å²) in [6.07, 6.45) is -2.15. The first kappa shape index (κ1) is 22.6. The number of rotatable bonds is 5. The molecule has 2 saturated heterocycles. The third-order valence-corrected chi connectivity index (χ3v) is 4.47. The van der Waals surface area contributed by atoms with Gasteiger partial charge in [-0.15, -0.1) is 0 Å². The van der Waals surface area contributed by atoms with E-state index < -0.39 is 48.2 Å². The Hall–Kier alpha value is -1.69. The number of cyclic esters (lactones) is 1. The van der Waals surface area contributed by atoms with Crippen molar-refractivity contribution in [2.75, 3.05) is 6.61 Å². The Morgan fingerprint density at radius 3 is 2.50 bits per heavy atom. The van der Waals surface area contributed by atoms with E-state index in [1.165, 1.54) is 24.3 Å². The van der Waals surface area contributed by atoms with Crippen LogP contribution in [0.3, 0.4) is 0 Å². The SMILES string of the molecule is O=C1CCC(C(=O)[O-])(N2OC[C@H](NC(=O)C(O)c3ccc(Cl)cc3)C2=O)O1.[Na+]. The molecule has 1 aromatic rings. The zero-order valence-electron chi connectivity index (χ0n) is 14.7. The molecule has 2 N–H and O–H groups in total. The maximum Gasteiger partial charge on any atom is 1.00 e. The number of carboxylic acid groups (broad SMARTS) is 1. The Bertz CT molecular complexity index is 804. The molecule has 2 aliphatic rings. The number of benzene rings is 1. The van der Waals surface area contributed by atoms with Gasteiger partial charge in [0.25, 0.3) is 17.5 Å². The zero-order chi connectivity index (χ0) is 19.8. The number of halogens is 1. The van der Waals surface area contributed by atoms with Crippen molar-refractivity contribution in [2.24, 2.45) is 0 Å². The molecule has 1 aromatic carbocycles. The molecule has 0 aromatic heterocycles. The van der Waals surface area contributed by atoms with Gasteiger partial charge >= 0.3 is 35.5 Å². The standard InChI is InChI=1S/C16H15ClN2O8.Na/c17-9-3-1-8(2-4-9)12(21)13(22)18-10-7-26-19(14(10)23)16(15(24)25)6-5-11(20)27-16;/h1-4,10,12,21H,5-7H2,(H,18,22)(H,24,25);/q;+1/p-1/t10-,12?,16?;/m0./s1. The molecular weight excluding hydrogens is 407 g/mol. The van der Waals surface area contributed by atoms with Crippen molar-refractivity contribution in [3.8, 4) is 0 Å². The number of carboxylic acids is 1. The number of hydrogen-bond acceptors (Lipinski definition) is 8. The summed E-state index contributed by atoms with van der Waals surface area (Å²) in [7, 11) is 0. The van der Waals surface area contributed by atoms with E-state index in [0.717, 1.165) is 0 Å². The number of esters is 1. The van der Waals surface area contributed by atoms with Gasteiger partial charge in [0.1, 0.15) is 18.6 Å². The Labute approximate surface area is 186 Å². The van der Waals surface area contributed by atoms with Gasteiger partial charge in [0.2, 0.25) is 0 Å². The summed E-state index contributed by atoms with van der Waals surface area (Å²) in [6, 6.07) is 4.58. The number of nitrogens with zero attached hydrogens (tertiary/aromatic N) is 1. The van der Waals surface area contributed by atoms with Crippen molar-refractivity contribution in [3.05, 3.63) is 34.9 Å². The van der Waals surface area contributed by atoms with E-state index in [2.05, 4.69) is 5.32 Å². The van der Waals surface area contributed by atoms with Crippen LogP contribution in [-0.2, 0) is 28.8 Å². The summed E-state index contributed by atoms with van der Waals surface area (Å²) >= 11 is 5.74. The average molecular weight is 421 g/mol. The summed E-state index contributed by atoms with van der Waals surface area (Å²) in [5.41, 5.74) is -2.13. The Kier molecular flexibility index (Phi) is 7.07. The molecule has 0 radical (unpaired) electrons. The maximum atomic E-state index is 12.5. The van der Waals surface area contributed by atoms with Crippen molar-refractivity contribution in [1.82, 2.24) is 10.4 Å². The topological polar surface area (TPSA) is 145 Å². The largest absolute Gasteiger partial charge is 1.00 e. The van der Waals surface area contributed by atoms with Crippen LogP contribution in [0.25, 0.3) is 0 Å². The third-order valence-electron chi connectivity index (χ3n) is 4.22. The van der Waals surface area contributed by atoms with Crippen LogP contribution < -0.4 is 40.0 Å². The van der Waals surface area contributed by atoms with Crippen LogP contribution in [0.2, 0.25) is 5.02 Å². The minimum Gasteiger partial charge on any atom is -0.544 e. The number of carbonyl (C=O) groups is 4. The second-order valence-electron chi connectivity index (χ2n) is 5.99. The second kappa shape index (κ2) is 8.76. The summed E-state index contributed by atoms with van der Waals surface area (Å²) in [4.78, 5) is 52.5. The molecule has 2 fully saturated rings. The van der Waals surface area contributed by atoms with Gasteiger partial charge in [0, 0.05) is 11.4 Å². The molecule has 10 nitrogen and oxygen atoms in total. The van der Waals surface area contributed by atoms with Gasteiger partial charge < -0.3 is 25.1 Å². The van der Waals surface area contributed by atoms with E-state index >= 15 is 0 Å². The van der Waals surface area contributed by atoms with Crippen LogP contribution in [0, 0.1) is 0 Å². The summed E-state index contributed by atoms with van der Waals surface area (Å²) in [5.74, 6) is -4.46. The molecule has 2 aliphatic heterocycles. The third kappa shape index (κ3) is 4.17. The van der Waals surface area contributed by atoms with Gasteiger partial charge in [-0.3, -0.25) is 19.2 Å². The minimum atomic E-state index is -2.37. The molecule has 144 valence electrons. The normalized spacial score (nSPS) is 25.1. The molecule has 0 saturated carbocycles. The van der Waals surface area contributed by atoms with Crippen molar-refractivity contribution in [1.29, 1.82) is 0 Å². The Balaban J connectivity index is 0.00000280. The van der Waals surface area contributed by atoms with Crippen molar-refractivity contribution in [3.63, 3.8) is 0 Å². The quantitative estimate of drug-likeness (QED) is 0.357. The number of hydrogen-bond donors (Lipinski definition) is 2. The van der Waals surface area contributed by atoms with Crippen molar-refractivity contribution < 1.29 is 68.5 Å². The number of hydroxylamine groups is 2. The van der Waals surface area contributed by atoms with E-state index in [9.17, 15) is 29.4 Å². The number of aliphatic carboxylic acids is 1. The fourth-order valence-electron chi connectivity index (χ4n) is 2.79. The monoisotopic (exact) mass is 420 g/mol. The van der Waals surface area contributed by atoms with Crippen LogP contribution in [0.1, 0.15) is 24.5 Å². The zero-order valence-corrected chi connectivity index (χ0v) is 17.5. The van der Waals surface area contributed by atoms with E-state index in [4.69, 9.17) is 21.2 Å². The summed E-state index contributed by atoms with van der Waals surface area (Å²) < 4.78 is 4.75. The van der Waals surface area contributed by atoms with Crippen molar-refractivity contribution in [2.45, 2.75) is 30.7 Å². The van der Waals surface area contributed by atoms with Gasteiger partial charge in [-0.25, -0.2) is 0 Å². The molecule has 3 atom stereocenters. The molecule has 0 spiro atoms. The minimum absolute atomic E-state index is 0. The summed E-state index contributed by atoms with van der Waals surface area (Å²) in [6.45, 7) is -0.398. The van der Waals surface area contributed by atoms with Gasteiger partial charge in [-0.2, -0.15) is 5.06 Å². The molecular formula is C16H14ClN2NaO8. The number of amides is 2. The average Bonchev–Trinajstić information content (AvgIpc) is 3.19.